The molecule has 0 saturated carbocycles. The maximum absolute atomic E-state index is 5.75. The number of rotatable bonds is 8. The predicted octanol–water partition coefficient (Wildman–Crippen LogP) is 0.956. The second-order valence-corrected chi connectivity index (χ2v) is 4.56. The molecule has 0 aliphatic carbocycles. The molecule has 0 amide bonds. The Labute approximate surface area is 114 Å². The van der Waals surface area contributed by atoms with Crippen molar-refractivity contribution < 1.29 is 4.74 Å². The molecule has 0 spiro atoms. The molecule has 0 unspecified atom stereocenters. The maximum atomic E-state index is 5.75. The molecule has 5 heteroatoms. The Hall–Kier alpha value is -1.72. The first-order valence-electron chi connectivity index (χ1n) is 6.63. The van der Waals surface area contributed by atoms with Crippen LogP contribution < -0.4 is 21.7 Å². The Kier molecular flexibility index (Phi) is 5.06. The lowest BCUT2D eigenvalue weighted by atomic mass is 10.1. The molecule has 1 aliphatic rings. The average molecular weight is 262 g/mol. The highest BCUT2D eigenvalue weighted by molar-refractivity contribution is 5.55. The molecule has 19 heavy (non-hydrogen) atoms. The van der Waals surface area contributed by atoms with Gasteiger partial charge in [0.15, 0.2) is 0 Å². The first kappa shape index (κ1) is 13.7. The fourth-order valence-electron chi connectivity index (χ4n) is 1.88. The van der Waals surface area contributed by atoms with Crippen molar-refractivity contribution in [3.05, 3.63) is 41.4 Å². The van der Waals surface area contributed by atoms with Gasteiger partial charge in [-0.05, 0) is 38.2 Å². The van der Waals surface area contributed by atoms with E-state index < -0.39 is 0 Å². The zero-order valence-corrected chi connectivity index (χ0v) is 11.3. The van der Waals surface area contributed by atoms with Gasteiger partial charge < -0.3 is 26.4 Å². The predicted molar refractivity (Wildman–Crippen MR) is 77.5 cm³/mol. The molecule has 104 valence electrons. The summed E-state index contributed by atoms with van der Waals surface area (Å²) in [5.41, 5.74) is 8.77. The summed E-state index contributed by atoms with van der Waals surface area (Å²) >= 11 is 0. The van der Waals surface area contributed by atoms with E-state index in [4.69, 9.17) is 10.5 Å². The monoisotopic (exact) mass is 262 g/mol. The van der Waals surface area contributed by atoms with Crippen LogP contribution in [0.4, 0.5) is 5.69 Å². The Morgan fingerprint density at radius 1 is 1.26 bits per heavy atom. The minimum Gasteiger partial charge on any atom is -0.471 e. The van der Waals surface area contributed by atoms with Crippen molar-refractivity contribution in [1.29, 1.82) is 0 Å². The Bertz CT molecular complexity index is 445. The van der Waals surface area contributed by atoms with E-state index in [1.54, 1.807) is 0 Å². The van der Waals surface area contributed by atoms with E-state index in [1.807, 2.05) is 25.2 Å². The number of hydrogen-bond donors (Lipinski definition) is 4. The van der Waals surface area contributed by atoms with E-state index >= 15 is 0 Å². The molecule has 5 nitrogen and oxygen atoms in total. The van der Waals surface area contributed by atoms with Crippen LogP contribution in [0.1, 0.15) is 12.0 Å². The summed E-state index contributed by atoms with van der Waals surface area (Å²) in [6.45, 7) is 3.38. The van der Waals surface area contributed by atoms with Crippen LogP contribution >= 0.6 is 0 Å². The number of nitrogens with one attached hydrogen (secondary N) is 3. The second kappa shape index (κ2) is 7.01. The van der Waals surface area contributed by atoms with Crippen molar-refractivity contribution in [2.45, 2.75) is 13.0 Å². The van der Waals surface area contributed by atoms with Gasteiger partial charge in [0.2, 0.25) is 5.88 Å². The second-order valence-electron chi connectivity index (χ2n) is 4.56. The van der Waals surface area contributed by atoms with Gasteiger partial charge in [-0.15, -0.1) is 0 Å². The SMILES string of the molecule is CNCCCNCc1ccccc1NC1=C(N)CO1. The first-order valence-corrected chi connectivity index (χ1v) is 6.63. The van der Waals surface area contributed by atoms with Crippen molar-refractivity contribution in [2.75, 3.05) is 32.1 Å². The topological polar surface area (TPSA) is 71.3 Å². The quantitative estimate of drug-likeness (QED) is 0.525. The van der Waals surface area contributed by atoms with Crippen LogP contribution in [-0.4, -0.2) is 26.7 Å². The zero-order valence-electron chi connectivity index (χ0n) is 11.3. The Balaban J connectivity index is 1.87. The van der Waals surface area contributed by atoms with Gasteiger partial charge in [-0.25, -0.2) is 0 Å². The van der Waals surface area contributed by atoms with Crippen LogP contribution in [0.2, 0.25) is 0 Å². The van der Waals surface area contributed by atoms with E-state index in [0.717, 1.165) is 37.4 Å². The van der Waals surface area contributed by atoms with Gasteiger partial charge >= 0.3 is 0 Å². The molecule has 1 heterocycles. The highest BCUT2D eigenvalue weighted by Crippen LogP contribution is 2.21. The third-order valence-electron chi connectivity index (χ3n) is 3.03. The van der Waals surface area contributed by atoms with Crippen molar-refractivity contribution in [3.63, 3.8) is 0 Å². The number of para-hydroxylation sites is 1. The molecule has 1 aliphatic heterocycles. The lowest BCUT2D eigenvalue weighted by Crippen LogP contribution is -2.26. The van der Waals surface area contributed by atoms with Crippen molar-refractivity contribution in [3.8, 4) is 0 Å². The van der Waals surface area contributed by atoms with Crippen molar-refractivity contribution >= 4 is 5.69 Å². The maximum Gasteiger partial charge on any atom is 0.214 e. The van der Waals surface area contributed by atoms with Crippen LogP contribution in [0.3, 0.4) is 0 Å². The number of ether oxygens (including phenoxy) is 1. The lowest BCUT2D eigenvalue weighted by Gasteiger charge is -2.23. The summed E-state index contributed by atoms with van der Waals surface area (Å²) in [4.78, 5) is 0. The number of nitrogens with two attached hydrogens (primary N) is 1. The van der Waals surface area contributed by atoms with E-state index in [-0.39, 0.29) is 0 Å². The van der Waals surface area contributed by atoms with Gasteiger partial charge in [-0.1, -0.05) is 18.2 Å². The molecule has 0 radical (unpaired) electrons. The summed E-state index contributed by atoms with van der Waals surface area (Å²) in [7, 11) is 1.97. The number of benzene rings is 1. The fourth-order valence-corrected chi connectivity index (χ4v) is 1.88. The Morgan fingerprint density at radius 3 is 2.79 bits per heavy atom. The minimum absolute atomic E-state index is 0.521. The normalized spacial score (nSPS) is 13.9. The van der Waals surface area contributed by atoms with Crippen molar-refractivity contribution in [1.82, 2.24) is 10.6 Å². The molecule has 5 N–H and O–H groups in total. The van der Waals surface area contributed by atoms with Crippen LogP contribution in [0.25, 0.3) is 0 Å². The summed E-state index contributed by atoms with van der Waals surface area (Å²) in [5, 5.41) is 9.79. The van der Waals surface area contributed by atoms with E-state index in [0.29, 0.717) is 12.5 Å². The summed E-state index contributed by atoms with van der Waals surface area (Å²) in [6.07, 6.45) is 1.12. The molecular weight excluding hydrogens is 240 g/mol. The molecule has 0 bridgehead atoms. The summed E-state index contributed by atoms with van der Waals surface area (Å²) in [6, 6.07) is 8.17. The highest BCUT2D eigenvalue weighted by atomic mass is 16.5. The Morgan fingerprint density at radius 2 is 2.11 bits per heavy atom. The zero-order chi connectivity index (χ0) is 13.5. The van der Waals surface area contributed by atoms with Gasteiger partial charge in [-0.2, -0.15) is 0 Å². The molecular formula is C14H22N4O. The number of hydrogen-bond acceptors (Lipinski definition) is 5. The smallest absolute Gasteiger partial charge is 0.214 e. The van der Waals surface area contributed by atoms with Gasteiger partial charge in [0, 0.05) is 12.2 Å². The fraction of sp³-hybridized carbons (Fsp3) is 0.429. The highest BCUT2D eigenvalue weighted by Gasteiger charge is 2.16. The van der Waals surface area contributed by atoms with Crippen LogP contribution in [-0.2, 0) is 11.3 Å². The first-order chi connectivity index (χ1) is 9.31. The third-order valence-corrected chi connectivity index (χ3v) is 3.03. The molecule has 0 fully saturated rings. The van der Waals surface area contributed by atoms with E-state index in [9.17, 15) is 0 Å². The lowest BCUT2D eigenvalue weighted by molar-refractivity contribution is 0.183. The van der Waals surface area contributed by atoms with Gasteiger partial charge in [0.25, 0.3) is 0 Å². The molecule has 0 atom stereocenters. The molecule has 0 saturated heterocycles. The third kappa shape index (κ3) is 3.87. The van der Waals surface area contributed by atoms with Gasteiger partial charge in [-0.3, -0.25) is 0 Å². The van der Waals surface area contributed by atoms with Crippen molar-refractivity contribution in [2.24, 2.45) is 5.73 Å². The minimum atomic E-state index is 0.521. The largest absolute Gasteiger partial charge is 0.471 e. The molecule has 2 rings (SSSR count). The van der Waals surface area contributed by atoms with Crippen LogP contribution in [0.15, 0.2) is 35.8 Å². The van der Waals surface area contributed by atoms with E-state index in [2.05, 4.69) is 22.0 Å². The molecule has 1 aromatic rings. The summed E-state index contributed by atoms with van der Waals surface area (Å²) < 4.78 is 5.27. The standard InChI is InChI=1S/C14H22N4O/c1-16-7-4-8-17-9-11-5-2-3-6-13(11)18-14-12(15)10-19-14/h2-3,5-6,16-18H,4,7-10,15H2,1H3. The summed E-state index contributed by atoms with van der Waals surface area (Å²) in [5.74, 6) is 0.683. The van der Waals surface area contributed by atoms with Gasteiger partial charge in [0.1, 0.15) is 12.3 Å². The van der Waals surface area contributed by atoms with Crippen LogP contribution in [0.5, 0.6) is 0 Å². The van der Waals surface area contributed by atoms with Gasteiger partial charge in [0.05, 0.1) is 0 Å². The van der Waals surface area contributed by atoms with Crippen LogP contribution in [0, 0.1) is 0 Å². The average Bonchev–Trinajstić information content (AvgIpc) is 2.44. The number of anilines is 1. The van der Waals surface area contributed by atoms with E-state index in [1.165, 1.54) is 5.56 Å². The molecule has 0 aromatic heterocycles. The molecule has 1 aromatic carbocycles.